The minimum Gasteiger partial charge on any atom is -0.449 e. The topological polar surface area (TPSA) is 55.4 Å². The first-order chi connectivity index (χ1) is 10.5. The summed E-state index contributed by atoms with van der Waals surface area (Å²) in [6.45, 7) is 1.49. The molecule has 2 rings (SSSR count). The van der Waals surface area contributed by atoms with E-state index in [2.05, 4.69) is 5.32 Å². The predicted octanol–water partition coefficient (Wildman–Crippen LogP) is 4.18. The molecule has 0 radical (unpaired) electrons. The van der Waals surface area contributed by atoms with Gasteiger partial charge in [0.1, 0.15) is 0 Å². The molecule has 0 aliphatic heterocycles. The Morgan fingerprint density at radius 1 is 1.05 bits per heavy atom. The largest absolute Gasteiger partial charge is 0.449 e. The van der Waals surface area contributed by atoms with Crippen LogP contribution in [-0.4, -0.2) is 18.0 Å². The van der Waals surface area contributed by atoms with E-state index in [9.17, 15) is 9.59 Å². The van der Waals surface area contributed by atoms with E-state index in [0.717, 1.165) is 0 Å². The van der Waals surface area contributed by atoms with Crippen molar-refractivity contribution in [1.82, 2.24) is 0 Å². The number of halogens is 2. The fourth-order valence-electron chi connectivity index (χ4n) is 1.72. The lowest BCUT2D eigenvalue weighted by atomic mass is 10.2. The van der Waals surface area contributed by atoms with Crippen molar-refractivity contribution >= 4 is 40.8 Å². The number of ether oxygens (including phenoxy) is 1. The summed E-state index contributed by atoms with van der Waals surface area (Å²) < 4.78 is 5.11. The molecule has 0 bridgehead atoms. The zero-order valence-electron chi connectivity index (χ0n) is 11.7. The first-order valence-corrected chi connectivity index (χ1v) is 7.24. The van der Waals surface area contributed by atoms with Crippen molar-refractivity contribution in [3.05, 3.63) is 64.1 Å². The number of carbonyl (C=O) groups excluding carboxylic acids is 2. The van der Waals surface area contributed by atoms with E-state index in [1.165, 1.54) is 25.1 Å². The van der Waals surface area contributed by atoms with E-state index in [1.807, 2.05) is 6.07 Å². The highest BCUT2D eigenvalue weighted by molar-refractivity contribution is 6.35. The Hall–Kier alpha value is -2.04. The highest BCUT2D eigenvalue weighted by atomic mass is 35.5. The van der Waals surface area contributed by atoms with Gasteiger partial charge in [-0.3, -0.25) is 4.79 Å². The highest BCUT2D eigenvalue weighted by Crippen LogP contribution is 2.20. The molecule has 2 aromatic rings. The van der Waals surface area contributed by atoms with Gasteiger partial charge in [0.05, 0.1) is 5.56 Å². The molecule has 0 unspecified atom stereocenters. The zero-order chi connectivity index (χ0) is 16.1. The fraction of sp³-hybridized carbons (Fsp3) is 0.125. The molecular formula is C16H13Cl2NO3. The van der Waals surface area contributed by atoms with Crippen LogP contribution in [0.25, 0.3) is 0 Å². The number of benzene rings is 2. The van der Waals surface area contributed by atoms with Crippen LogP contribution in [0.15, 0.2) is 48.5 Å². The van der Waals surface area contributed by atoms with Crippen LogP contribution >= 0.6 is 23.2 Å². The van der Waals surface area contributed by atoms with Gasteiger partial charge in [0.2, 0.25) is 0 Å². The van der Waals surface area contributed by atoms with Gasteiger partial charge in [0.15, 0.2) is 6.10 Å². The number of hydrogen-bond donors (Lipinski definition) is 1. The lowest BCUT2D eigenvalue weighted by Crippen LogP contribution is -2.30. The first-order valence-electron chi connectivity index (χ1n) is 6.48. The van der Waals surface area contributed by atoms with Gasteiger partial charge in [-0.1, -0.05) is 41.4 Å². The van der Waals surface area contributed by atoms with Crippen molar-refractivity contribution in [3.8, 4) is 0 Å². The quantitative estimate of drug-likeness (QED) is 0.851. The monoisotopic (exact) mass is 337 g/mol. The molecule has 6 heteroatoms. The molecule has 22 heavy (non-hydrogen) atoms. The summed E-state index contributed by atoms with van der Waals surface area (Å²) in [5.74, 6) is -1.09. The molecule has 114 valence electrons. The molecule has 0 fully saturated rings. The van der Waals surface area contributed by atoms with Crippen LogP contribution in [0.2, 0.25) is 10.0 Å². The smallest absolute Gasteiger partial charge is 0.339 e. The Bertz CT molecular complexity index is 669. The number of carbonyl (C=O) groups is 2. The van der Waals surface area contributed by atoms with Gasteiger partial charge in [-0.05, 0) is 37.3 Å². The molecule has 2 aromatic carbocycles. The Morgan fingerprint density at radius 2 is 1.64 bits per heavy atom. The molecule has 0 heterocycles. The number of hydrogen-bond acceptors (Lipinski definition) is 3. The van der Waals surface area contributed by atoms with Gasteiger partial charge < -0.3 is 10.1 Å². The Balaban J connectivity index is 2.00. The lowest BCUT2D eigenvalue weighted by molar-refractivity contribution is -0.123. The maximum absolute atomic E-state index is 12.0. The number of amides is 1. The second kappa shape index (κ2) is 7.29. The van der Waals surface area contributed by atoms with Crippen LogP contribution in [0.3, 0.4) is 0 Å². The van der Waals surface area contributed by atoms with Gasteiger partial charge >= 0.3 is 5.97 Å². The number of para-hydroxylation sites is 1. The molecule has 4 nitrogen and oxygen atoms in total. The maximum atomic E-state index is 12.0. The van der Waals surface area contributed by atoms with Crippen molar-refractivity contribution in [2.45, 2.75) is 13.0 Å². The predicted molar refractivity (Wildman–Crippen MR) is 86.4 cm³/mol. The normalized spacial score (nSPS) is 11.6. The maximum Gasteiger partial charge on any atom is 0.339 e. The van der Waals surface area contributed by atoms with Gasteiger partial charge in [0.25, 0.3) is 5.91 Å². The van der Waals surface area contributed by atoms with Gasteiger partial charge in [-0.15, -0.1) is 0 Å². The van der Waals surface area contributed by atoms with Crippen LogP contribution in [0.1, 0.15) is 17.3 Å². The van der Waals surface area contributed by atoms with Crippen molar-refractivity contribution in [2.24, 2.45) is 0 Å². The Morgan fingerprint density at radius 3 is 2.23 bits per heavy atom. The summed E-state index contributed by atoms with van der Waals surface area (Å²) >= 11 is 11.7. The third-order valence-electron chi connectivity index (χ3n) is 2.79. The van der Waals surface area contributed by atoms with E-state index in [0.29, 0.717) is 15.7 Å². The van der Waals surface area contributed by atoms with Crippen LogP contribution in [-0.2, 0) is 9.53 Å². The summed E-state index contributed by atoms with van der Waals surface area (Å²) in [5.41, 5.74) is 0.818. The highest BCUT2D eigenvalue weighted by Gasteiger charge is 2.19. The Kier molecular flexibility index (Phi) is 5.41. The summed E-state index contributed by atoms with van der Waals surface area (Å²) in [4.78, 5) is 24.0. The fourth-order valence-corrected chi connectivity index (χ4v) is 2.25. The molecule has 1 N–H and O–H groups in total. The van der Waals surface area contributed by atoms with E-state index in [1.54, 1.807) is 24.3 Å². The lowest BCUT2D eigenvalue weighted by Gasteiger charge is -2.13. The molecular weight excluding hydrogens is 325 g/mol. The second-order valence-electron chi connectivity index (χ2n) is 4.56. The van der Waals surface area contributed by atoms with Crippen molar-refractivity contribution in [2.75, 3.05) is 5.32 Å². The first kappa shape index (κ1) is 16.3. The Labute approximate surface area is 138 Å². The third-order valence-corrected chi connectivity index (χ3v) is 3.23. The SMILES string of the molecule is C[C@H](OC(=O)c1cc(Cl)cc(Cl)c1)C(=O)Nc1ccccc1. The summed E-state index contributed by atoms with van der Waals surface area (Å²) in [6, 6.07) is 13.3. The molecule has 0 saturated carbocycles. The van der Waals surface area contributed by atoms with Crippen molar-refractivity contribution in [1.29, 1.82) is 0 Å². The molecule has 1 atom stereocenters. The molecule has 0 spiro atoms. The minimum absolute atomic E-state index is 0.192. The molecule has 0 saturated heterocycles. The van der Waals surface area contributed by atoms with Crippen molar-refractivity contribution in [3.63, 3.8) is 0 Å². The summed E-state index contributed by atoms with van der Waals surface area (Å²) in [6.07, 6.45) is -0.953. The van der Waals surface area contributed by atoms with Crippen LogP contribution in [0.5, 0.6) is 0 Å². The minimum atomic E-state index is -0.953. The summed E-state index contributed by atoms with van der Waals surface area (Å²) in [5, 5.41) is 3.29. The third kappa shape index (κ3) is 4.48. The van der Waals surface area contributed by atoms with Gasteiger partial charge in [-0.25, -0.2) is 4.79 Å². The van der Waals surface area contributed by atoms with E-state index in [-0.39, 0.29) is 5.56 Å². The molecule has 0 aliphatic rings. The average molecular weight is 338 g/mol. The van der Waals surface area contributed by atoms with Crippen LogP contribution in [0, 0.1) is 0 Å². The van der Waals surface area contributed by atoms with Gasteiger partial charge in [0, 0.05) is 15.7 Å². The number of rotatable bonds is 4. The van der Waals surface area contributed by atoms with E-state index >= 15 is 0 Å². The van der Waals surface area contributed by atoms with E-state index < -0.39 is 18.0 Å². The van der Waals surface area contributed by atoms with Crippen LogP contribution in [0.4, 0.5) is 5.69 Å². The standard InChI is InChI=1S/C16H13Cl2NO3/c1-10(15(20)19-14-5-3-2-4-6-14)22-16(21)11-7-12(17)9-13(18)8-11/h2-10H,1H3,(H,19,20)/t10-/m0/s1. The second-order valence-corrected chi connectivity index (χ2v) is 5.43. The van der Waals surface area contributed by atoms with Gasteiger partial charge in [-0.2, -0.15) is 0 Å². The molecule has 0 aromatic heterocycles. The number of esters is 1. The number of nitrogens with one attached hydrogen (secondary N) is 1. The molecule has 0 aliphatic carbocycles. The summed E-state index contributed by atoms with van der Waals surface area (Å²) in [7, 11) is 0. The zero-order valence-corrected chi connectivity index (χ0v) is 13.2. The number of anilines is 1. The molecule has 1 amide bonds. The van der Waals surface area contributed by atoms with Crippen LogP contribution < -0.4 is 5.32 Å². The van der Waals surface area contributed by atoms with Crippen molar-refractivity contribution < 1.29 is 14.3 Å². The van der Waals surface area contributed by atoms with E-state index in [4.69, 9.17) is 27.9 Å². The average Bonchev–Trinajstić information content (AvgIpc) is 2.47.